The molecule has 1 aliphatic heterocycles. The third kappa shape index (κ3) is 5.40. The number of hydrogen-bond acceptors (Lipinski definition) is 8. The summed E-state index contributed by atoms with van der Waals surface area (Å²) in [5, 5.41) is 6.74. The van der Waals surface area contributed by atoms with Gasteiger partial charge in [-0.3, -0.25) is 4.31 Å². The molecule has 10 heteroatoms. The van der Waals surface area contributed by atoms with E-state index in [1.807, 2.05) is 24.3 Å². The molecule has 0 bridgehead atoms. The van der Waals surface area contributed by atoms with Crippen LogP contribution in [-0.2, 0) is 16.4 Å². The largest absolute Gasteiger partial charge is 0.369 e. The fourth-order valence-corrected chi connectivity index (χ4v) is 5.23. The zero-order valence-electron chi connectivity index (χ0n) is 21.7. The summed E-state index contributed by atoms with van der Waals surface area (Å²) in [6.07, 6.45) is 5.96. The molecular weight excluding hydrogens is 486 g/mol. The van der Waals surface area contributed by atoms with Gasteiger partial charge in [0.25, 0.3) is 0 Å². The van der Waals surface area contributed by atoms with E-state index in [0.717, 1.165) is 43.1 Å². The smallest absolute Gasteiger partial charge is 0.232 e. The van der Waals surface area contributed by atoms with Crippen LogP contribution in [-0.4, -0.2) is 69.8 Å². The monoisotopic (exact) mass is 519 g/mol. The van der Waals surface area contributed by atoms with Crippen LogP contribution < -0.4 is 19.8 Å². The highest BCUT2D eigenvalue weighted by Crippen LogP contribution is 2.34. The number of nitrogens with one attached hydrogen (secondary N) is 2. The molecule has 2 N–H and O–H groups in total. The van der Waals surface area contributed by atoms with Gasteiger partial charge in [-0.2, -0.15) is 4.98 Å². The Morgan fingerprint density at radius 3 is 2.49 bits per heavy atom. The Morgan fingerprint density at radius 1 is 1.00 bits per heavy atom. The van der Waals surface area contributed by atoms with Gasteiger partial charge in [0.1, 0.15) is 5.82 Å². The topological polar surface area (TPSA) is 93.7 Å². The average Bonchev–Trinajstić information content (AvgIpc) is 3.33. The predicted molar refractivity (Wildman–Crippen MR) is 152 cm³/mol. The molecule has 0 atom stereocenters. The molecule has 37 heavy (non-hydrogen) atoms. The highest BCUT2D eigenvalue weighted by molar-refractivity contribution is 7.92. The number of anilines is 6. The van der Waals surface area contributed by atoms with E-state index in [9.17, 15) is 8.42 Å². The van der Waals surface area contributed by atoms with Crippen molar-refractivity contribution in [3.05, 3.63) is 65.4 Å². The lowest BCUT2D eigenvalue weighted by molar-refractivity contribution is 0.312. The second kappa shape index (κ2) is 10.0. The normalized spacial score (nSPS) is 15.5. The summed E-state index contributed by atoms with van der Waals surface area (Å²) in [6.45, 7) is 6.31. The number of rotatable bonds is 7. The van der Waals surface area contributed by atoms with Crippen LogP contribution in [0.15, 0.2) is 48.5 Å². The molecule has 194 valence electrons. The second-order valence-corrected chi connectivity index (χ2v) is 11.7. The van der Waals surface area contributed by atoms with Crippen molar-refractivity contribution >= 4 is 50.6 Å². The third-order valence-electron chi connectivity index (χ3n) is 6.91. The minimum Gasteiger partial charge on any atom is -0.369 e. The summed E-state index contributed by atoms with van der Waals surface area (Å²) >= 11 is 0. The van der Waals surface area contributed by atoms with Gasteiger partial charge in [0, 0.05) is 56.6 Å². The van der Waals surface area contributed by atoms with Crippen LogP contribution in [0.25, 0.3) is 6.08 Å². The maximum absolute atomic E-state index is 12.2. The Bertz CT molecular complexity index is 1450. The fraction of sp³-hybridized carbons (Fsp3) is 0.333. The van der Waals surface area contributed by atoms with Crippen LogP contribution in [0.3, 0.4) is 0 Å². The second-order valence-electron chi connectivity index (χ2n) is 9.65. The van der Waals surface area contributed by atoms with Crippen LogP contribution >= 0.6 is 0 Å². The molecule has 0 saturated carbocycles. The summed E-state index contributed by atoms with van der Waals surface area (Å²) in [5.74, 6) is 1.12. The van der Waals surface area contributed by atoms with Crippen molar-refractivity contribution < 1.29 is 8.42 Å². The summed E-state index contributed by atoms with van der Waals surface area (Å²) in [6, 6.07) is 13.7. The van der Waals surface area contributed by atoms with Crippen LogP contribution in [0.1, 0.15) is 16.8 Å². The number of piperazine rings is 1. The molecule has 1 fully saturated rings. The van der Waals surface area contributed by atoms with Gasteiger partial charge >= 0.3 is 0 Å². The van der Waals surface area contributed by atoms with Crippen LogP contribution in [0.5, 0.6) is 0 Å². The van der Waals surface area contributed by atoms with Crippen molar-refractivity contribution in [1.29, 1.82) is 0 Å². The summed E-state index contributed by atoms with van der Waals surface area (Å²) in [4.78, 5) is 14.3. The predicted octanol–water partition coefficient (Wildman–Crippen LogP) is 3.99. The van der Waals surface area contributed by atoms with E-state index >= 15 is 0 Å². The highest BCUT2D eigenvalue weighted by atomic mass is 32.2. The number of allylic oxidation sites excluding steroid dienone is 1. The lowest BCUT2D eigenvalue weighted by atomic mass is 10.1. The highest BCUT2D eigenvalue weighted by Gasteiger charge is 2.20. The molecule has 0 amide bonds. The molecule has 0 radical (unpaired) electrons. The molecule has 5 rings (SSSR count). The van der Waals surface area contributed by atoms with E-state index in [-0.39, 0.29) is 0 Å². The van der Waals surface area contributed by atoms with E-state index in [0.29, 0.717) is 29.6 Å². The Balaban J connectivity index is 1.41. The van der Waals surface area contributed by atoms with E-state index in [2.05, 4.69) is 58.7 Å². The van der Waals surface area contributed by atoms with Crippen molar-refractivity contribution in [1.82, 2.24) is 14.9 Å². The van der Waals surface area contributed by atoms with E-state index in [1.54, 1.807) is 13.1 Å². The maximum Gasteiger partial charge on any atom is 0.232 e. The summed E-state index contributed by atoms with van der Waals surface area (Å²) in [5.41, 5.74) is 6.40. The number of para-hydroxylation sites is 2. The Labute approximate surface area is 218 Å². The third-order valence-corrected chi connectivity index (χ3v) is 8.10. The Morgan fingerprint density at radius 2 is 1.76 bits per heavy atom. The fourth-order valence-electron chi connectivity index (χ4n) is 4.71. The molecule has 1 aliphatic carbocycles. The molecule has 2 aromatic carbocycles. The van der Waals surface area contributed by atoms with Gasteiger partial charge in [0.2, 0.25) is 16.0 Å². The van der Waals surface area contributed by atoms with E-state index in [4.69, 9.17) is 9.97 Å². The van der Waals surface area contributed by atoms with Gasteiger partial charge in [0.05, 0.1) is 23.3 Å². The summed E-state index contributed by atoms with van der Waals surface area (Å²) < 4.78 is 25.6. The number of likely N-dealkylation sites (N-methyl/N-ethyl adjacent to an activating group) is 1. The van der Waals surface area contributed by atoms with Crippen LogP contribution in [0.2, 0.25) is 0 Å². The quantitative estimate of drug-likeness (QED) is 0.484. The molecule has 0 spiro atoms. The zero-order chi connectivity index (χ0) is 26.2. The van der Waals surface area contributed by atoms with Gasteiger partial charge in [-0.1, -0.05) is 24.3 Å². The zero-order valence-corrected chi connectivity index (χ0v) is 22.5. The Hall–Kier alpha value is -3.63. The van der Waals surface area contributed by atoms with Gasteiger partial charge < -0.3 is 20.4 Å². The summed E-state index contributed by atoms with van der Waals surface area (Å²) in [7, 11) is 0.283. The molecular formula is C27H33N7O2S. The molecule has 9 nitrogen and oxygen atoms in total. The lowest BCUT2D eigenvalue weighted by Gasteiger charge is -2.35. The first kappa shape index (κ1) is 25.0. The number of aromatic nitrogens is 2. The minimum atomic E-state index is -3.42. The Kier molecular flexibility index (Phi) is 6.78. The van der Waals surface area contributed by atoms with Crippen molar-refractivity contribution in [2.45, 2.75) is 13.3 Å². The van der Waals surface area contributed by atoms with Crippen LogP contribution in [0.4, 0.5) is 34.5 Å². The van der Waals surface area contributed by atoms with Gasteiger partial charge in [-0.15, -0.1) is 0 Å². The van der Waals surface area contributed by atoms with Gasteiger partial charge in [-0.25, -0.2) is 13.4 Å². The molecule has 3 aromatic rings. The first-order valence-corrected chi connectivity index (χ1v) is 14.2. The van der Waals surface area contributed by atoms with Crippen molar-refractivity contribution in [3.8, 4) is 0 Å². The number of aryl methyl sites for hydroxylation is 1. The van der Waals surface area contributed by atoms with Gasteiger partial charge in [0.15, 0.2) is 0 Å². The number of fused-ring (bicyclic) bond motifs is 1. The van der Waals surface area contributed by atoms with E-state index < -0.39 is 10.0 Å². The number of nitrogens with zero attached hydrogens (tertiary/aromatic N) is 5. The van der Waals surface area contributed by atoms with Crippen molar-refractivity contribution in [2.75, 3.05) is 66.4 Å². The maximum atomic E-state index is 12.2. The number of hydrogen-bond donors (Lipinski definition) is 2. The standard InChI is InChI=1S/C27H33N7O2S/c1-19-18-20(12-13-24(19)34-16-14-32(2)15-17-34)28-27-30-22-10-7-8-21(22)26(31-27)29-23-9-5-6-11-25(23)33(3)37(4,35)36/h5-9,11-13,18H,10,14-17H2,1-4H3,(H2,28,29,30,31). The first-order valence-electron chi connectivity index (χ1n) is 12.4. The van der Waals surface area contributed by atoms with Crippen molar-refractivity contribution in [2.24, 2.45) is 0 Å². The lowest BCUT2D eigenvalue weighted by Crippen LogP contribution is -2.44. The molecule has 0 unspecified atom stereocenters. The SMILES string of the molecule is Cc1cc(Nc2nc3c(c(Nc4ccccc4N(C)S(C)(=O)=O)n2)C=CC3)ccc1N1CCN(C)CC1. The average molecular weight is 520 g/mol. The molecule has 1 saturated heterocycles. The first-order chi connectivity index (χ1) is 17.7. The number of benzene rings is 2. The molecule has 2 aliphatic rings. The van der Waals surface area contributed by atoms with Crippen molar-refractivity contribution in [3.63, 3.8) is 0 Å². The van der Waals surface area contributed by atoms with Gasteiger partial charge in [-0.05, 0) is 49.9 Å². The number of sulfonamides is 1. The minimum absolute atomic E-state index is 0.491. The van der Waals surface area contributed by atoms with E-state index in [1.165, 1.54) is 21.8 Å². The van der Waals surface area contributed by atoms with Crippen LogP contribution in [0, 0.1) is 6.92 Å². The molecule has 1 aromatic heterocycles. The molecule has 2 heterocycles.